The fraction of sp³-hybridized carbons (Fsp3) is 0.636. The van der Waals surface area contributed by atoms with Gasteiger partial charge in [0.1, 0.15) is 5.76 Å². The predicted octanol–water partition coefficient (Wildman–Crippen LogP) is 0.812. The maximum absolute atomic E-state index is 11.6. The van der Waals surface area contributed by atoms with Gasteiger partial charge in [0, 0.05) is 12.8 Å². The van der Waals surface area contributed by atoms with Crippen molar-refractivity contribution in [2.45, 2.75) is 37.4 Å². The molecule has 0 amide bonds. The molecule has 1 saturated heterocycles. The highest BCUT2D eigenvalue weighted by Gasteiger charge is 2.32. The van der Waals surface area contributed by atoms with Crippen molar-refractivity contribution in [1.82, 2.24) is 4.98 Å². The maximum Gasteiger partial charge on any atom is 0.303 e. The number of nitrogens with zero attached hydrogens (tertiary/aromatic N) is 1. The number of oxazole rings is 1. The van der Waals surface area contributed by atoms with Gasteiger partial charge in [-0.15, -0.1) is 0 Å². The van der Waals surface area contributed by atoms with Crippen LogP contribution in [-0.4, -0.2) is 35.5 Å². The lowest BCUT2D eigenvalue weighted by molar-refractivity contribution is -0.137. The highest BCUT2D eigenvalue weighted by atomic mass is 32.2. The van der Waals surface area contributed by atoms with E-state index in [9.17, 15) is 13.2 Å². The van der Waals surface area contributed by atoms with Crippen LogP contribution < -0.4 is 0 Å². The Morgan fingerprint density at radius 3 is 2.94 bits per heavy atom. The summed E-state index contributed by atoms with van der Waals surface area (Å²) in [6.07, 6.45) is 3.36. The molecule has 1 atom stereocenters. The molecule has 1 aliphatic heterocycles. The summed E-state index contributed by atoms with van der Waals surface area (Å²) in [6, 6.07) is 0. The lowest BCUT2D eigenvalue weighted by atomic mass is 10.2. The molecule has 0 aromatic carbocycles. The number of aliphatic carboxylic acids is 1. The molecule has 100 valence electrons. The predicted molar refractivity (Wildman–Crippen MR) is 63.0 cm³/mol. The molecule has 0 radical (unpaired) electrons. The monoisotopic (exact) mass is 273 g/mol. The van der Waals surface area contributed by atoms with Crippen molar-refractivity contribution in [3.8, 4) is 0 Å². The van der Waals surface area contributed by atoms with Crippen LogP contribution in [0.15, 0.2) is 10.6 Å². The van der Waals surface area contributed by atoms with Gasteiger partial charge in [0.05, 0.1) is 23.6 Å². The molecule has 1 fully saturated rings. The van der Waals surface area contributed by atoms with Crippen molar-refractivity contribution in [2.24, 2.45) is 0 Å². The molecule has 1 unspecified atom stereocenters. The minimum Gasteiger partial charge on any atom is -0.481 e. The summed E-state index contributed by atoms with van der Waals surface area (Å²) >= 11 is 0. The van der Waals surface area contributed by atoms with Crippen molar-refractivity contribution >= 4 is 15.8 Å². The van der Waals surface area contributed by atoms with Gasteiger partial charge in [-0.05, 0) is 12.8 Å². The molecule has 0 bridgehead atoms. The number of sulfone groups is 1. The first-order chi connectivity index (χ1) is 8.47. The largest absolute Gasteiger partial charge is 0.481 e. The Balaban J connectivity index is 1.96. The zero-order valence-corrected chi connectivity index (χ0v) is 10.6. The SMILES string of the molecule is O=C(O)CCc1cnc(CC2CCCS2(=O)=O)o1. The van der Waals surface area contributed by atoms with E-state index in [-0.39, 0.29) is 25.0 Å². The molecule has 0 spiro atoms. The number of carbonyl (C=O) groups is 1. The topological polar surface area (TPSA) is 97.5 Å². The number of rotatable bonds is 5. The molecule has 1 N–H and O–H groups in total. The summed E-state index contributed by atoms with van der Waals surface area (Å²) in [5.74, 6) is 0.213. The first kappa shape index (κ1) is 13.1. The highest BCUT2D eigenvalue weighted by molar-refractivity contribution is 7.92. The second-order valence-electron chi connectivity index (χ2n) is 4.45. The third kappa shape index (κ3) is 3.10. The Hall–Kier alpha value is -1.37. The molecule has 6 nitrogen and oxygen atoms in total. The molecule has 1 aliphatic rings. The average molecular weight is 273 g/mol. The minimum absolute atomic E-state index is 0.0175. The van der Waals surface area contributed by atoms with E-state index in [4.69, 9.17) is 9.52 Å². The van der Waals surface area contributed by atoms with Gasteiger partial charge in [0.15, 0.2) is 15.7 Å². The zero-order valence-electron chi connectivity index (χ0n) is 9.83. The van der Waals surface area contributed by atoms with Crippen LogP contribution in [0.3, 0.4) is 0 Å². The van der Waals surface area contributed by atoms with Crippen LogP contribution in [0.1, 0.15) is 30.9 Å². The normalized spacial score (nSPS) is 22.1. The van der Waals surface area contributed by atoms with Crippen LogP contribution in [0.25, 0.3) is 0 Å². The summed E-state index contributed by atoms with van der Waals surface area (Å²) in [6.45, 7) is 0. The molecule has 7 heteroatoms. The van der Waals surface area contributed by atoms with Crippen LogP contribution in [0, 0.1) is 0 Å². The molecule has 2 rings (SSSR count). The van der Waals surface area contributed by atoms with E-state index in [2.05, 4.69) is 4.98 Å². The Morgan fingerprint density at radius 2 is 2.33 bits per heavy atom. The van der Waals surface area contributed by atoms with Gasteiger partial charge in [-0.3, -0.25) is 4.79 Å². The fourth-order valence-electron chi connectivity index (χ4n) is 2.07. The van der Waals surface area contributed by atoms with Gasteiger partial charge in [0.25, 0.3) is 0 Å². The third-order valence-corrected chi connectivity index (χ3v) is 5.33. The average Bonchev–Trinajstić information content (AvgIpc) is 2.84. The number of carboxylic acids is 1. The van der Waals surface area contributed by atoms with Crippen molar-refractivity contribution in [1.29, 1.82) is 0 Å². The Morgan fingerprint density at radius 1 is 1.56 bits per heavy atom. The minimum atomic E-state index is -3.00. The van der Waals surface area contributed by atoms with E-state index in [0.29, 0.717) is 24.5 Å². The quantitative estimate of drug-likeness (QED) is 0.852. The molecule has 0 saturated carbocycles. The maximum atomic E-state index is 11.6. The number of aromatic nitrogens is 1. The first-order valence-electron chi connectivity index (χ1n) is 5.84. The van der Waals surface area contributed by atoms with E-state index in [1.807, 2.05) is 0 Å². The van der Waals surface area contributed by atoms with E-state index in [1.165, 1.54) is 6.20 Å². The summed E-state index contributed by atoms with van der Waals surface area (Å²) in [5.41, 5.74) is 0. The fourth-order valence-corrected chi connectivity index (χ4v) is 3.89. The van der Waals surface area contributed by atoms with E-state index < -0.39 is 21.1 Å². The lowest BCUT2D eigenvalue weighted by Crippen LogP contribution is -2.18. The zero-order chi connectivity index (χ0) is 13.2. The summed E-state index contributed by atoms with van der Waals surface area (Å²) < 4.78 is 28.6. The van der Waals surface area contributed by atoms with Gasteiger partial charge >= 0.3 is 5.97 Å². The molecule has 1 aromatic rings. The summed E-state index contributed by atoms with van der Waals surface area (Å²) in [7, 11) is -3.00. The molecule has 2 heterocycles. The number of carboxylic acid groups (broad SMARTS) is 1. The Bertz CT molecular complexity index is 533. The molecule has 18 heavy (non-hydrogen) atoms. The van der Waals surface area contributed by atoms with Crippen LogP contribution in [0.2, 0.25) is 0 Å². The van der Waals surface area contributed by atoms with Crippen LogP contribution in [0.5, 0.6) is 0 Å². The van der Waals surface area contributed by atoms with Gasteiger partial charge in [0.2, 0.25) is 0 Å². The van der Waals surface area contributed by atoms with E-state index in [0.717, 1.165) is 0 Å². The van der Waals surface area contributed by atoms with Crippen LogP contribution in [-0.2, 0) is 27.5 Å². The lowest BCUT2D eigenvalue weighted by Gasteiger charge is -2.05. The molecule has 0 aliphatic carbocycles. The summed E-state index contributed by atoms with van der Waals surface area (Å²) in [5, 5.41) is 8.14. The third-order valence-electron chi connectivity index (χ3n) is 3.05. The second kappa shape index (κ2) is 5.09. The van der Waals surface area contributed by atoms with E-state index in [1.54, 1.807) is 0 Å². The van der Waals surface area contributed by atoms with Crippen LogP contribution in [0.4, 0.5) is 0 Å². The van der Waals surface area contributed by atoms with Gasteiger partial charge in [-0.1, -0.05) is 0 Å². The Labute approximate surface area is 105 Å². The van der Waals surface area contributed by atoms with E-state index >= 15 is 0 Å². The summed E-state index contributed by atoms with van der Waals surface area (Å²) in [4.78, 5) is 14.4. The standard InChI is InChI=1S/C11H15NO5S/c13-11(14)4-3-8-7-12-10(17-8)6-9-2-1-5-18(9,15)16/h7,9H,1-6H2,(H,13,14). The van der Waals surface area contributed by atoms with Gasteiger partial charge < -0.3 is 9.52 Å². The number of hydrogen-bond donors (Lipinski definition) is 1. The first-order valence-corrected chi connectivity index (χ1v) is 7.56. The van der Waals surface area contributed by atoms with Crippen molar-refractivity contribution in [2.75, 3.05) is 5.75 Å². The second-order valence-corrected chi connectivity index (χ2v) is 6.85. The van der Waals surface area contributed by atoms with Crippen molar-refractivity contribution in [3.05, 3.63) is 17.8 Å². The smallest absolute Gasteiger partial charge is 0.303 e. The van der Waals surface area contributed by atoms with Crippen molar-refractivity contribution < 1.29 is 22.7 Å². The highest BCUT2D eigenvalue weighted by Crippen LogP contribution is 2.23. The number of hydrogen-bond acceptors (Lipinski definition) is 5. The van der Waals surface area contributed by atoms with Gasteiger partial charge in [-0.25, -0.2) is 13.4 Å². The van der Waals surface area contributed by atoms with Gasteiger partial charge in [-0.2, -0.15) is 0 Å². The van der Waals surface area contributed by atoms with Crippen molar-refractivity contribution in [3.63, 3.8) is 0 Å². The molecular weight excluding hydrogens is 258 g/mol. The molecule has 1 aromatic heterocycles. The van der Waals surface area contributed by atoms with Crippen LogP contribution >= 0.6 is 0 Å². The number of aryl methyl sites for hydroxylation is 1. The Kier molecular flexibility index (Phi) is 3.70. The molecular formula is C11H15NO5S.